The topological polar surface area (TPSA) is 96.2 Å². The third kappa shape index (κ3) is 3.86. The minimum absolute atomic E-state index is 0.0163. The predicted molar refractivity (Wildman–Crippen MR) is 109 cm³/mol. The first-order valence-corrected chi connectivity index (χ1v) is 10.6. The largest absolute Gasteiger partial charge is 0.507 e. The lowest BCUT2D eigenvalue weighted by molar-refractivity contribution is -0.117. The van der Waals surface area contributed by atoms with E-state index in [1.54, 1.807) is 18.2 Å². The van der Waals surface area contributed by atoms with Crippen LogP contribution in [0.15, 0.2) is 24.3 Å². The molecule has 3 fully saturated rings. The summed E-state index contributed by atoms with van der Waals surface area (Å²) in [5.74, 6) is 0.509. The van der Waals surface area contributed by atoms with Gasteiger partial charge in [0.2, 0.25) is 5.91 Å². The Bertz CT molecular complexity index is 953. The van der Waals surface area contributed by atoms with Crippen molar-refractivity contribution in [1.29, 1.82) is 0 Å². The number of phenols is 1. The lowest BCUT2D eigenvalue weighted by atomic mass is 10.0. The molecule has 7 heteroatoms. The molecule has 1 aromatic heterocycles. The zero-order chi connectivity index (χ0) is 20.0. The van der Waals surface area contributed by atoms with Crippen LogP contribution in [0.1, 0.15) is 63.0 Å². The summed E-state index contributed by atoms with van der Waals surface area (Å²) in [5.41, 5.74) is 2.62. The molecule has 0 radical (unpaired) electrons. The van der Waals surface area contributed by atoms with Crippen molar-refractivity contribution in [2.75, 3.05) is 5.32 Å². The van der Waals surface area contributed by atoms with E-state index in [1.807, 2.05) is 6.07 Å². The quantitative estimate of drug-likeness (QED) is 0.668. The van der Waals surface area contributed by atoms with E-state index < -0.39 is 0 Å². The van der Waals surface area contributed by atoms with E-state index in [-0.39, 0.29) is 29.6 Å². The second-order valence-electron chi connectivity index (χ2n) is 8.57. The number of hydrogen-bond acceptors (Lipinski definition) is 4. The number of hydrogen-bond donors (Lipinski definition) is 3. The summed E-state index contributed by atoms with van der Waals surface area (Å²) in [6.07, 6.45) is 8.30. The number of nitrogens with zero attached hydrogens (tertiary/aromatic N) is 2. The fourth-order valence-corrected chi connectivity index (χ4v) is 4.07. The Labute approximate surface area is 169 Å². The molecule has 29 heavy (non-hydrogen) atoms. The second kappa shape index (κ2) is 7.21. The molecule has 3 N–H and O–H groups in total. The van der Waals surface area contributed by atoms with E-state index in [9.17, 15) is 14.7 Å². The third-order valence-electron chi connectivity index (χ3n) is 6.10. The zero-order valence-electron chi connectivity index (χ0n) is 16.4. The Hall–Kier alpha value is -2.83. The molecule has 5 rings (SSSR count). The molecule has 152 valence electrons. The minimum Gasteiger partial charge on any atom is -0.507 e. The number of phenolic OH excluding ortho intramolecular Hbond substituents is 1. The molecule has 0 unspecified atom stereocenters. The number of anilines is 1. The molecule has 2 aromatic rings. The highest BCUT2D eigenvalue weighted by Gasteiger charge is 2.31. The second-order valence-corrected chi connectivity index (χ2v) is 8.57. The van der Waals surface area contributed by atoms with Gasteiger partial charge in [-0.2, -0.15) is 9.78 Å². The van der Waals surface area contributed by atoms with Crippen LogP contribution in [0, 0.1) is 5.92 Å². The number of carbonyl (C=O) groups excluding carboxylic acids is 2. The van der Waals surface area contributed by atoms with Gasteiger partial charge in [-0.25, -0.2) is 4.79 Å². The van der Waals surface area contributed by atoms with E-state index in [0.29, 0.717) is 22.9 Å². The van der Waals surface area contributed by atoms with Gasteiger partial charge in [0, 0.05) is 29.1 Å². The number of aromatic hydroxyl groups is 1. The van der Waals surface area contributed by atoms with Crippen molar-refractivity contribution in [3.05, 3.63) is 30.0 Å². The summed E-state index contributed by atoms with van der Waals surface area (Å²) < 4.78 is 1.48. The maximum absolute atomic E-state index is 12.8. The van der Waals surface area contributed by atoms with Crippen LogP contribution in [0.25, 0.3) is 11.3 Å². The van der Waals surface area contributed by atoms with Crippen molar-refractivity contribution in [2.45, 2.75) is 63.3 Å². The average molecular weight is 394 g/mol. The smallest absolute Gasteiger partial charge is 0.342 e. The maximum Gasteiger partial charge on any atom is 0.342 e. The molecule has 2 amide bonds. The van der Waals surface area contributed by atoms with Gasteiger partial charge in [0.15, 0.2) is 0 Å². The Morgan fingerprint density at radius 1 is 1.03 bits per heavy atom. The van der Waals surface area contributed by atoms with Crippen molar-refractivity contribution >= 4 is 17.6 Å². The van der Waals surface area contributed by atoms with Gasteiger partial charge in [0.05, 0.1) is 11.4 Å². The average Bonchev–Trinajstić information content (AvgIpc) is 3.61. The van der Waals surface area contributed by atoms with Crippen LogP contribution in [0.5, 0.6) is 5.75 Å². The molecular formula is C22H26N4O3. The van der Waals surface area contributed by atoms with Gasteiger partial charge in [-0.1, -0.05) is 12.8 Å². The lowest BCUT2D eigenvalue weighted by Crippen LogP contribution is -2.32. The normalized spacial score (nSPS) is 19.3. The fourth-order valence-electron chi connectivity index (χ4n) is 4.07. The van der Waals surface area contributed by atoms with Gasteiger partial charge in [-0.3, -0.25) is 4.79 Å². The zero-order valence-corrected chi connectivity index (χ0v) is 16.4. The Morgan fingerprint density at radius 2 is 1.79 bits per heavy atom. The molecule has 3 saturated carbocycles. The lowest BCUT2D eigenvalue weighted by Gasteiger charge is -2.11. The number of nitrogens with one attached hydrogen (secondary N) is 2. The van der Waals surface area contributed by atoms with Gasteiger partial charge in [0.25, 0.3) is 0 Å². The van der Waals surface area contributed by atoms with E-state index in [2.05, 4.69) is 15.7 Å². The van der Waals surface area contributed by atoms with Crippen molar-refractivity contribution in [2.24, 2.45) is 5.92 Å². The van der Waals surface area contributed by atoms with Gasteiger partial charge in [-0.05, 0) is 62.8 Å². The van der Waals surface area contributed by atoms with E-state index in [4.69, 9.17) is 0 Å². The maximum atomic E-state index is 12.8. The highest BCUT2D eigenvalue weighted by Crippen LogP contribution is 2.38. The Morgan fingerprint density at radius 3 is 2.48 bits per heavy atom. The summed E-state index contributed by atoms with van der Waals surface area (Å²) in [4.78, 5) is 24.9. The molecule has 1 heterocycles. The molecule has 7 nitrogen and oxygen atoms in total. The van der Waals surface area contributed by atoms with Crippen molar-refractivity contribution in [3.8, 4) is 17.0 Å². The van der Waals surface area contributed by atoms with Crippen LogP contribution in [-0.4, -0.2) is 32.9 Å². The van der Waals surface area contributed by atoms with Crippen molar-refractivity contribution in [1.82, 2.24) is 15.1 Å². The van der Waals surface area contributed by atoms with Crippen LogP contribution in [0.4, 0.5) is 10.5 Å². The van der Waals surface area contributed by atoms with Gasteiger partial charge >= 0.3 is 6.03 Å². The molecule has 0 bridgehead atoms. The number of rotatable bonds is 5. The van der Waals surface area contributed by atoms with Gasteiger partial charge in [0.1, 0.15) is 5.75 Å². The van der Waals surface area contributed by atoms with Gasteiger partial charge in [-0.15, -0.1) is 0 Å². The molecule has 1 aromatic carbocycles. The Balaban J connectivity index is 1.47. The molecule has 3 aliphatic rings. The molecule has 0 saturated heterocycles. The van der Waals surface area contributed by atoms with Crippen molar-refractivity contribution < 1.29 is 14.7 Å². The first-order valence-electron chi connectivity index (χ1n) is 10.6. The number of aromatic nitrogens is 2. The molecule has 0 spiro atoms. The first-order chi connectivity index (χ1) is 14.1. The third-order valence-corrected chi connectivity index (χ3v) is 6.10. The highest BCUT2D eigenvalue weighted by molar-refractivity contribution is 5.95. The number of amides is 2. The first kappa shape index (κ1) is 18.2. The minimum atomic E-state index is -0.196. The SMILES string of the molecule is O=C(Nc1ccc(O)c(-c2cc(C3CCCC3)n(C(=O)NC3CC3)n2)c1)C1CC1. The highest BCUT2D eigenvalue weighted by atomic mass is 16.3. The Kier molecular flexibility index (Phi) is 4.53. The van der Waals surface area contributed by atoms with Crippen LogP contribution in [0.2, 0.25) is 0 Å². The molecular weight excluding hydrogens is 368 g/mol. The van der Waals surface area contributed by atoms with Gasteiger partial charge < -0.3 is 15.7 Å². The predicted octanol–water partition coefficient (Wildman–Crippen LogP) is 3.98. The molecule has 3 aliphatic carbocycles. The van der Waals surface area contributed by atoms with Crippen LogP contribution < -0.4 is 10.6 Å². The standard InChI is InChI=1S/C22H26N4O3/c27-20-10-9-16(23-21(28)14-5-6-14)11-17(20)18-12-19(13-3-1-2-4-13)26(25-18)22(29)24-15-7-8-15/h9-15,27H,1-8H2,(H,23,28)(H,24,29). The van der Waals surface area contributed by atoms with Crippen LogP contribution in [0.3, 0.4) is 0 Å². The van der Waals surface area contributed by atoms with Crippen LogP contribution in [-0.2, 0) is 4.79 Å². The summed E-state index contributed by atoms with van der Waals surface area (Å²) in [5, 5.41) is 20.9. The summed E-state index contributed by atoms with van der Waals surface area (Å²) in [6, 6.07) is 6.97. The monoisotopic (exact) mass is 394 g/mol. The summed E-state index contributed by atoms with van der Waals surface area (Å²) >= 11 is 0. The fraction of sp³-hybridized carbons (Fsp3) is 0.500. The van der Waals surface area contributed by atoms with E-state index in [1.165, 1.54) is 4.68 Å². The summed E-state index contributed by atoms with van der Waals surface area (Å²) in [7, 11) is 0. The molecule has 0 atom stereocenters. The van der Waals surface area contributed by atoms with Crippen molar-refractivity contribution in [3.63, 3.8) is 0 Å². The van der Waals surface area contributed by atoms with Crippen LogP contribution >= 0.6 is 0 Å². The van der Waals surface area contributed by atoms with E-state index >= 15 is 0 Å². The number of carbonyl (C=O) groups is 2. The van der Waals surface area contributed by atoms with E-state index in [0.717, 1.165) is 57.1 Å². The molecule has 0 aliphatic heterocycles. The summed E-state index contributed by atoms with van der Waals surface area (Å²) in [6.45, 7) is 0. The number of benzene rings is 1.